The predicted octanol–water partition coefficient (Wildman–Crippen LogP) is 4.03. The molecular weight excluding hydrogens is 436 g/mol. The van der Waals surface area contributed by atoms with E-state index in [-0.39, 0.29) is 5.88 Å². The summed E-state index contributed by atoms with van der Waals surface area (Å²) in [5.74, 6) is 0.0470. The molecule has 170 valence electrons. The summed E-state index contributed by atoms with van der Waals surface area (Å²) in [5, 5.41) is 14.6. The Kier molecular flexibility index (Phi) is 6.48. The van der Waals surface area contributed by atoms with E-state index in [0.717, 1.165) is 16.5 Å². The van der Waals surface area contributed by atoms with Crippen LogP contribution in [0.4, 0.5) is 11.4 Å². The Hall–Kier alpha value is -3.62. The topological polar surface area (TPSA) is 97.8 Å². The standard InChI is InChI=1S/C25H26N4O3S/c1-26-16-17-29(33(2,31)32)20-14-12-19(13-15-20)27-24(18-8-4-3-5-9-18)23-21-10-6-7-11-22(21)28-25(23)30/h3-15,26,28,30H,16-17H2,1-2H3. The van der Waals surface area contributed by atoms with Gasteiger partial charge in [-0.2, -0.15) is 0 Å². The maximum atomic E-state index is 12.2. The van der Waals surface area contributed by atoms with Crippen molar-refractivity contribution in [1.29, 1.82) is 0 Å². The molecule has 3 aromatic carbocycles. The first-order valence-corrected chi connectivity index (χ1v) is 12.4. The van der Waals surface area contributed by atoms with Crippen LogP contribution in [-0.4, -0.2) is 50.6 Å². The fraction of sp³-hybridized carbons (Fsp3) is 0.160. The number of benzene rings is 3. The van der Waals surface area contributed by atoms with Gasteiger partial charge in [0.2, 0.25) is 10.0 Å². The first kappa shape index (κ1) is 22.6. The Labute approximate surface area is 193 Å². The lowest BCUT2D eigenvalue weighted by Crippen LogP contribution is -2.35. The normalized spacial score (nSPS) is 12.2. The van der Waals surface area contributed by atoms with Gasteiger partial charge in [0.1, 0.15) is 0 Å². The molecule has 1 aromatic heterocycles. The monoisotopic (exact) mass is 462 g/mol. The first-order valence-electron chi connectivity index (χ1n) is 10.5. The summed E-state index contributed by atoms with van der Waals surface area (Å²) in [5.41, 5.74) is 4.12. The van der Waals surface area contributed by atoms with Crippen molar-refractivity contribution in [1.82, 2.24) is 10.3 Å². The SMILES string of the molecule is CNCCN(c1ccc(N=C(c2ccccc2)c2c(O)[nH]c3ccccc23)cc1)S(C)(=O)=O. The van der Waals surface area contributed by atoms with Gasteiger partial charge in [-0.25, -0.2) is 13.4 Å². The number of fused-ring (bicyclic) bond motifs is 1. The third-order valence-corrected chi connectivity index (χ3v) is 6.51. The molecule has 8 heteroatoms. The number of sulfonamides is 1. The van der Waals surface area contributed by atoms with E-state index >= 15 is 0 Å². The summed E-state index contributed by atoms with van der Waals surface area (Å²) in [4.78, 5) is 7.88. The van der Waals surface area contributed by atoms with Gasteiger partial charge in [-0.15, -0.1) is 0 Å². The summed E-state index contributed by atoms with van der Waals surface area (Å²) >= 11 is 0. The quantitative estimate of drug-likeness (QED) is 0.345. The van der Waals surface area contributed by atoms with Crippen LogP contribution in [-0.2, 0) is 10.0 Å². The van der Waals surface area contributed by atoms with Crippen LogP contribution in [0.3, 0.4) is 0 Å². The van der Waals surface area contributed by atoms with Crippen molar-refractivity contribution >= 4 is 38.0 Å². The molecule has 0 radical (unpaired) electrons. The second-order valence-electron chi connectivity index (χ2n) is 7.68. The smallest absolute Gasteiger partial charge is 0.232 e. The van der Waals surface area contributed by atoms with Crippen LogP contribution in [0.15, 0.2) is 83.9 Å². The highest BCUT2D eigenvalue weighted by molar-refractivity contribution is 7.92. The van der Waals surface area contributed by atoms with E-state index < -0.39 is 10.0 Å². The maximum absolute atomic E-state index is 12.2. The minimum Gasteiger partial charge on any atom is -0.494 e. The van der Waals surface area contributed by atoms with Gasteiger partial charge in [0.05, 0.1) is 28.9 Å². The molecule has 0 saturated heterocycles. The molecule has 0 bridgehead atoms. The van der Waals surface area contributed by atoms with Crippen molar-refractivity contribution in [3.63, 3.8) is 0 Å². The third kappa shape index (κ3) is 4.92. The number of aromatic hydroxyl groups is 1. The Morgan fingerprint density at radius 3 is 2.33 bits per heavy atom. The van der Waals surface area contributed by atoms with E-state index in [1.165, 1.54) is 10.6 Å². The summed E-state index contributed by atoms with van der Waals surface area (Å²) in [6, 6.07) is 24.4. The number of rotatable bonds is 8. The average molecular weight is 463 g/mol. The fourth-order valence-electron chi connectivity index (χ4n) is 3.75. The van der Waals surface area contributed by atoms with E-state index in [2.05, 4.69) is 10.3 Å². The zero-order chi connectivity index (χ0) is 23.4. The van der Waals surface area contributed by atoms with Gasteiger partial charge in [-0.05, 0) is 37.4 Å². The first-order chi connectivity index (χ1) is 15.9. The van der Waals surface area contributed by atoms with E-state index in [9.17, 15) is 13.5 Å². The molecule has 0 aliphatic heterocycles. The van der Waals surface area contributed by atoms with Crippen molar-refractivity contribution in [2.45, 2.75) is 0 Å². The largest absolute Gasteiger partial charge is 0.494 e. The van der Waals surface area contributed by atoms with Crippen molar-refractivity contribution < 1.29 is 13.5 Å². The number of aliphatic imine (C=N–C) groups is 1. The minimum atomic E-state index is -3.41. The lowest BCUT2D eigenvalue weighted by molar-refractivity contribution is 0.457. The van der Waals surface area contributed by atoms with Gasteiger partial charge in [-0.1, -0.05) is 48.5 Å². The van der Waals surface area contributed by atoms with Gasteiger partial charge >= 0.3 is 0 Å². The summed E-state index contributed by atoms with van der Waals surface area (Å²) < 4.78 is 25.8. The third-order valence-electron chi connectivity index (χ3n) is 5.31. The molecule has 0 atom stereocenters. The molecule has 4 rings (SSSR count). The summed E-state index contributed by atoms with van der Waals surface area (Å²) in [6.07, 6.45) is 1.20. The van der Waals surface area contributed by atoms with Crippen LogP contribution in [0.5, 0.6) is 5.88 Å². The number of nitrogens with zero attached hydrogens (tertiary/aromatic N) is 2. The van der Waals surface area contributed by atoms with Gasteiger partial charge in [0.25, 0.3) is 0 Å². The molecule has 7 nitrogen and oxygen atoms in total. The molecule has 0 aliphatic rings. The second-order valence-corrected chi connectivity index (χ2v) is 9.58. The number of para-hydroxylation sites is 1. The lowest BCUT2D eigenvalue weighted by Gasteiger charge is -2.22. The number of H-pyrrole nitrogens is 1. The van der Waals surface area contributed by atoms with Crippen LogP contribution in [0.2, 0.25) is 0 Å². The van der Waals surface area contributed by atoms with E-state index in [1.54, 1.807) is 31.3 Å². The van der Waals surface area contributed by atoms with Crippen molar-refractivity contribution in [3.8, 4) is 5.88 Å². The molecule has 0 saturated carbocycles. The van der Waals surface area contributed by atoms with E-state index in [1.807, 2.05) is 54.6 Å². The van der Waals surface area contributed by atoms with Crippen molar-refractivity contribution in [2.24, 2.45) is 4.99 Å². The molecular formula is C25H26N4O3S. The molecule has 0 unspecified atom stereocenters. The second kappa shape index (κ2) is 9.48. The summed E-state index contributed by atoms with van der Waals surface area (Å²) in [6.45, 7) is 0.862. The molecule has 4 aromatic rings. The van der Waals surface area contributed by atoms with Gasteiger partial charge < -0.3 is 15.4 Å². The van der Waals surface area contributed by atoms with Crippen LogP contribution >= 0.6 is 0 Å². The van der Waals surface area contributed by atoms with Gasteiger partial charge in [0.15, 0.2) is 5.88 Å². The van der Waals surface area contributed by atoms with Crippen LogP contribution < -0.4 is 9.62 Å². The Morgan fingerprint density at radius 1 is 1.00 bits per heavy atom. The number of hydrogen-bond acceptors (Lipinski definition) is 5. The van der Waals surface area contributed by atoms with Gasteiger partial charge in [-0.3, -0.25) is 4.31 Å². The molecule has 33 heavy (non-hydrogen) atoms. The highest BCUT2D eigenvalue weighted by Gasteiger charge is 2.19. The predicted molar refractivity (Wildman–Crippen MR) is 134 cm³/mol. The zero-order valence-corrected chi connectivity index (χ0v) is 19.3. The summed E-state index contributed by atoms with van der Waals surface area (Å²) in [7, 11) is -1.63. The van der Waals surface area contributed by atoms with Crippen LogP contribution in [0.25, 0.3) is 10.9 Å². The number of nitrogens with one attached hydrogen (secondary N) is 2. The molecule has 3 N–H and O–H groups in total. The molecule has 0 fully saturated rings. The highest BCUT2D eigenvalue weighted by atomic mass is 32.2. The van der Waals surface area contributed by atoms with Crippen molar-refractivity contribution in [2.75, 3.05) is 30.7 Å². The minimum absolute atomic E-state index is 0.0470. The maximum Gasteiger partial charge on any atom is 0.232 e. The fourth-order valence-corrected chi connectivity index (χ4v) is 4.68. The van der Waals surface area contributed by atoms with E-state index in [0.29, 0.717) is 35.7 Å². The molecule has 0 spiro atoms. The van der Waals surface area contributed by atoms with Crippen LogP contribution in [0.1, 0.15) is 11.1 Å². The zero-order valence-electron chi connectivity index (χ0n) is 18.5. The number of likely N-dealkylation sites (N-methyl/N-ethyl adjacent to an activating group) is 1. The Morgan fingerprint density at radius 2 is 1.67 bits per heavy atom. The Balaban J connectivity index is 1.80. The average Bonchev–Trinajstić information content (AvgIpc) is 3.14. The molecule has 0 amide bonds. The highest BCUT2D eigenvalue weighted by Crippen LogP contribution is 2.32. The molecule has 1 heterocycles. The number of hydrogen-bond donors (Lipinski definition) is 3. The lowest BCUT2D eigenvalue weighted by atomic mass is 10.0. The van der Waals surface area contributed by atoms with Crippen molar-refractivity contribution in [3.05, 3.63) is 90.0 Å². The Bertz CT molecular complexity index is 1380. The van der Waals surface area contributed by atoms with Crippen LogP contribution in [0, 0.1) is 0 Å². The molecule has 0 aliphatic carbocycles. The number of aromatic amines is 1. The van der Waals surface area contributed by atoms with Gasteiger partial charge in [0, 0.05) is 29.6 Å². The van der Waals surface area contributed by atoms with E-state index in [4.69, 9.17) is 4.99 Å². The number of anilines is 1. The number of aromatic nitrogens is 1.